The van der Waals surface area contributed by atoms with Gasteiger partial charge < -0.3 is 9.64 Å². The van der Waals surface area contributed by atoms with Crippen LogP contribution in [0, 0.1) is 0 Å². The Morgan fingerprint density at radius 3 is 2.50 bits per heavy atom. The summed E-state index contributed by atoms with van der Waals surface area (Å²) in [6, 6.07) is 7.95. The van der Waals surface area contributed by atoms with Gasteiger partial charge in [0.05, 0.1) is 13.8 Å². The van der Waals surface area contributed by atoms with E-state index in [0.29, 0.717) is 12.6 Å². The van der Waals surface area contributed by atoms with Crippen molar-refractivity contribution in [1.82, 2.24) is 14.7 Å². The van der Waals surface area contributed by atoms with Gasteiger partial charge in [0.15, 0.2) is 0 Å². The van der Waals surface area contributed by atoms with Crippen LogP contribution in [0.15, 0.2) is 24.3 Å². The standard InChI is InChI=1S/C18H25N3O3/c1-13(2)21-17(22)11-20(18(21)23)12-19-9-8-15(10-19)14-4-6-16(24-3)7-5-14/h4-7,13,15H,8-12H2,1-3H3/t15-/m1/s1. The third kappa shape index (κ3) is 3.24. The van der Waals surface area contributed by atoms with E-state index in [0.717, 1.165) is 25.3 Å². The largest absolute Gasteiger partial charge is 0.497 e. The Morgan fingerprint density at radius 1 is 1.21 bits per heavy atom. The van der Waals surface area contributed by atoms with E-state index in [2.05, 4.69) is 17.0 Å². The summed E-state index contributed by atoms with van der Waals surface area (Å²) in [5, 5.41) is 0. The van der Waals surface area contributed by atoms with E-state index in [4.69, 9.17) is 4.74 Å². The van der Waals surface area contributed by atoms with Crippen LogP contribution in [0.4, 0.5) is 4.79 Å². The van der Waals surface area contributed by atoms with Gasteiger partial charge in [-0.2, -0.15) is 0 Å². The summed E-state index contributed by atoms with van der Waals surface area (Å²) in [5.74, 6) is 1.23. The molecular weight excluding hydrogens is 306 g/mol. The number of rotatable bonds is 5. The number of imide groups is 1. The molecule has 0 N–H and O–H groups in total. The van der Waals surface area contributed by atoms with Crippen molar-refractivity contribution in [2.24, 2.45) is 0 Å². The van der Waals surface area contributed by atoms with Crippen LogP contribution in [-0.4, -0.2) is 66.1 Å². The molecule has 0 aromatic heterocycles. The zero-order valence-electron chi connectivity index (χ0n) is 14.6. The molecule has 130 valence electrons. The molecule has 2 fully saturated rings. The Labute approximate surface area is 143 Å². The monoisotopic (exact) mass is 331 g/mol. The number of carbonyl (C=O) groups is 2. The minimum absolute atomic E-state index is 0.0828. The summed E-state index contributed by atoms with van der Waals surface area (Å²) >= 11 is 0. The molecule has 0 aliphatic carbocycles. The van der Waals surface area contributed by atoms with E-state index in [1.54, 1.807) is 12.0 Å². The molecule has 1 atom stereocenters. The Morgan fingerprint density at radius 2 is 1.92 bits per heavy atom. The number of urea groups is 1. The van der Waals surface area contributed by atoms with Crippen LogP contribution in [0.1, 0.15) is 31.7 Å². The number of amides is 3. The minimum Gasteiger partial charge on any atom is -0.497 e. The highest BCUT2D eigenvalue weighted by molar-refractivity contribution is 6.02. The summed E-state index contributed by atoms with van der Waals surface area (Å²) in [5.41, 5.74) is 1.30. The topological polar surface area (TPSA) is 53.1 Å². The van der Waals surface area contributed by atoms with Gasteiger partial charge in [0.25, 0.3) is 5.91 Å². The predicted octanol–water partition coefficient (Wildman–Crippen LogP) is 2.11. The van der Waals surface area contributed by atoms with Gasteiger partial charge in [-0.15, -0.1) is 0 Å². The van der Waals surface area contributed by atoms with Crippen molar-refractivity contribution in [2.75, 3.05) is 33.4 Å². The second-order valence-corrected chi connectivity index (χ2v) is 6.82. The van der Waals surface area contributed by atoms with Crippen LogP contribution < -0.4 is 4.74 Å². The minimum atomic E-state index is -0.164. The number of methoxy groups -OCH3 is 1. The molecule has 2 aliphatic rings. The number of nitrogens with zero attached hydrogens (tertiary/aromatic N) is 3. The van der Waals surface area contributed by atoms with Crippen molar-refractivity contribution >= 4 is 11.9 Å². The number of hydrogen-bond donors (Lipinski definition) is 0. The molecular formula is C18H25N3O3. The molecule has 3 rings (SSSR count). The first-order valence-electron chi connectivity index (χ1n) is 8.47. The average molecular weight is 331 g/mol. The number of ether oxygens (including phenoxy) is 1. The van der Waals surface area contributed by atoms with E-state index >= 15 is 0 Å². The number of benzene rings is 1. The average Bonchev–Trinajstić information content (AvgIpc) is 3.13. The van der Waals surface area contributed by atoms with Crippen LogP contribution in [0.3, 0.4) is 0 Å². The van der Waals surface area contributed by atoms with Crippen molar-refractivity contribution in [2.45, 2.75) is 32.2 Å². The highest BCUT2D eigenvalue weighted by Gasteiger charge is 2.39. The molecule has 6 heteroatoms. The first-order chi connectivity index (χ1) is 11.5. The highest BCUT2D eigenvalue weighted by Crippen LogP contribution is 2.29. The quantitative estimate of drug-likeness (QED) is 0.776. The second kappa shape index (κ2) is 6.81. The smallest absolute Gasteiger partial charge is 0.328 e. The summed E-state index contributed by atoms with van der Waals surface area (Å²) in [6.07, 6.45) is 1.07. The van der Waals surface area contributed by atoms with Crippen molar-refractivity contribution in [3.63, 3.8) is 0 Å². The van der Waals surface area contributed by atoms with Crippen LogP contribution >= 0.6 is 0 Å². The molecule has 0 unspecified atom stereocenters. The first-order valence-corrected chi connectivity index (χ1v) is 8.47. The summed E-state index contributed by atoms with van der Waals surface area (Å²) in [6.45, 7) is 6.31. The van der Waals surface area contributed by atoms with Crippen molar-refractivity contribution in [1.29, 1.82) is 0 Å². The lowest BCUT2D eigenvalue weighted by molar-refractivity contribution is -0.126. The number of likely N-dealkylation sites (tertiary alicyclic amines) is 1. The van der Waals surface area contributed by atoms with Crippen LogP contribution in [0.2, 0.25) is 0 Å². The zero-order valence-corrected chi connectivity index (χ0v) is 14.6. The van der Waals surface area contributed by atoms with Gasteiger partial charge in [-0.3, -0.25) is 14.6 Å². The molecule has 0 saturated carbocycles. The molecule has 24 heavy (non-hydrogen) atoms. The summed E-state index contributed by atoms with van der Waals surface area (Å²) < 4.78 is 5.20. The Kier molecular flexibility index (Phi) is 4.76. The molecule has 1 aromatic rings. The van der Waals surface area contributed by atoms with Gasteiger partial charge in [0.1, 0.15) is 12.3 Å². The second-order valence-electron chi connectivity index (χ2n) is 6.82. The molecule has 3 amide bonds. The molecule has 2 aliphatic heterocycles. The first kappa shape index (κ1) is 16.8. The van der Waals surface area contributed by atoms with E-state index in [9.17, 15) is 9.59 Å². The summed E-state index contributed by atoms with van der Waals surface area (Å²) in [4.78, 5) is 29.6. The lowest BCUT2D eigenvalue weighted by Gasteiger charge is -2.24. The van der Waals surface area contributed by atoms with Crippen molar-refractivity contribution in [3.05, 3.63) is 29.8 Å². The van der Waals surface area contributed by atoms with E-state index in [1.807, 2.05) is 26.0 Å². The van der Waals surface area contributed by atoms with Crippen molar-refractivity contribution < 1.29 is 14.3 Å². The lowest BCUT2D eigenvalue weighted by Crippen LogP contribution is -2.41. The van der Waals surface area contributed by atoms with Crippen molar-refractivity contribution in [3.8, 4) is 5.75 Å². The fraction of sp³-hybridized carbons (Fsp3) is 0.556. The van der Waals surface area contributed by atoms with Gasteiger partial charge in [0.2, 0.25) is 0 Å². The molecule has 0 bridgehead atoms. The third-order valence-corrected chi connectivity index (χ3v) is 4.82. The molecule has 0 spiro atoms. The highest BCUT2D eigenvalue weighted by atomic mass is 16.5. The Balaban J connectivity index is 1.58. The predicted molar refractivity (Wildman–Crippen MR) is 90.9 cm³/mol. The fourth-order valence-electron chi connectivity index (χ4n) is 3.54. The lowest BCUT2D eigenvalue weighted by atomic mass is 9.98. The zero-order chi connectivity index (χ0) is 17.3. The van der Waals surface area contributed by atoms with Gasteiger partial charge >= 0.3 is 6.03 Å². The SMILES string of the molecule is COc1ccc([C@@H]2CCN(CN3CC(=O)N(C(C)C)C3=O)C2)cc1. The van der Waals surface area contributed by atoms with Crippen LogP contribution in [0.5, 0.6) is 5.75 Å². The van der Waals surface area contributed by atoms with Gasteiger partial charge in [-0.05, 0) is 43.9 Å². The van der Waals surface area contributed by atoms with E-state index < -0.39 is 0 Å². The molecule has 2 saturated heterocycles. The maximum absolute atomic E-state index is 12.4. The normalized spacial score (nSPS) is 22.1. The molecule has 1 aromatic carbocycles. The maximum atomic E-state index is 12.4. The number of carbonyl (C=O) groups excluding carboxylic acids is 2. The molecule has 2 heterocycles. The van der Waals surface area contributed by atoms with E-state index in [1.165, 1.54) is 10.5 Å². The van der Waals surface area contributed by atoms with E-state index in [-0.39, 0.29) is 24.5 Å². The van der Waals surface area contributed by atoms with Crippen LogP contribution in [0.25, 0.3) is 0 Å². The van der Waals surface area contributed by atoms with Gasteiger partial charge in [-0.1, -0.05) is 12.1 Å². The molecule has 0 radical (unpaired) electrons. The number of hydrogen-bond acceptors (Lipinski definition) is 4. The molecule has 6 nitrogen and oxygen atoms in total. The maximum Gasteiger partial charge on any atom is 0.328 e. The Bertz CT molecular complexity index is 614. The van der Waals surface area contributed by atoms with Crippen LogP contribution in [-0.2, 0) is 4.79 Å². The Hall–Kier alpha value is -2.08. The van der Waals surface area contributed by atoms with Gasteiger partial charge in [0, 0.05) is 19.1 Å². The third-order valence-electron chi connectivity index (χ3n) is 4.82. The fourth-order valence-corrected chi connectivity index (χ4v) is 3.54. The summed E-state index contributed by atoms with van der Waals surface area (Å²) in [7, 11) is 1.67. The van der Waals surface area contributed by atoms with Gasteiger partial charge in [-0.25, -0.2) is 4.79 Å².